The van der Waals surface area contributed by atoms with Crippen LogP contribution in [0, 0.1) is 0 Å². The van der Waals surface area contributed by atoms with Crippen LogP contribution in [0.5, 0.6) is 5.19 Å². The molecule has 3 nitrogen and oxygen atoms in total. The molecule has 12 heavy (non-hydrogen) atoms. The van der Waals surface area contributed by atoms with Crippen molar-refractivity contribution < 1.29 is 4.74 Å². The Kier molecular flexibility index (Phi) is 3.78. The first kappa shape index (κ1) is 9.77. The number of nitrogens with zero attached hydrogens (tertiary/aromatic N) is 1. The Balaban J connectivity index is 2.70. The second-order valence-corrected chi connectivity index (χ2v) is 3.56. The van der Waals surface area contributed by atoms with E-state index in [9.17, 15) is 0 Å². The van der Waals surface area contributed by atoms with Crippen LogP contribution in [0.4, 0.5) is 0 Å². The molecule has 68 valence electrons. The van der Waals surface area contributed by atoms with Crippen LogP contribution in [0.2, 0.25) is 5.15 Å². The molecule has 0 amide bonds. The average Bonchev–Trinajstić information content (AvgIpc) is 2.34. The van der Waals surface area contributed by atoms with Gasteiger partial charge in [-0.2, -0.15) is 4.98 Å². The van der Waals surface area contributed by atoms with E-state index in [2.05, 4.69) is 10.3 Å². The molecule has 1 N–H and O–H groups in total. The Labute approximate surface area is 80.7 Å². The maximum atomic E-state index is 5.84. The fraction of sp³-hybridized carbons (Fsp3) is 0.571. The summed E-state index contributed by atoms with van der Waals surface area (Å²) < 4.78 is 5.21. The molecule has 0 bridgehead atoms. The van der Waals surface area contributed by atoms with Gasteiger partial charge in [0.15, 0.2) is 0 Å². The lowest BCUT2D eigenvalue weighted by Gasteiger charge is -1.93. The SMILES string of the molecule is CCOc1nc(Cl)c(CNC)s1. The van der Waals surface area contributed by atoms with Gasteiger partial charge in [-0.15, -0.1) is 0 Å². The molecule has 1 aromatic rings. The van der Waals surface area contributed by atoms with Gasteiger partial charge in [0.05, 0.1) is 11.5 Å². The first-order valence-electron chi connectivity index (χ1n) is 3.70. The molecule has 0 radical (unpaired) electrons. The van der Waals surface area contributed by atoms with Crippen molar-refractivity contribution in [2.24, 2.45) is 0 Å². The van der Waals surface area contributed by atoms with Gasteiger partial charge in [-0.05, 0) is 14.0 Å². The van der Waals surface area contributed by atoms with E-state index in [1.54, 1.807) is 0 Å². The Bertz CT molecular complexity index is 252. The zero-order chi connectivity index (χ0) is 8.97. The summed E-state index contributed by atoms with van der Waals surface area (Å²) in [5.41, 5.74) is 0. The quantitative estimate of drug-likeness (QED) is 0.818. The lowest BCUT2D eigenvalue weighted by molar-refractivity contribution is 0.338. The van der Waals surface area contributed by atoms with E-state index in [1.807, 2.05) is 14.0 Å². The second-order valence-electron chi connectivity index (χ2n) is 2.16. The van der Waals surface area contributed by atoms with Gasteiger partial charge in [0.2, 0.25) is 0 Å². The molecule has 0 spiro atoms. The van der Waals surface area contributed by atoms with Gasteiger partial charge in [-0.1, -0.05) is 22.9 Å². The lowest BCUT2D eigenvalue weighted by Crippen LogP contribution is -2.03. The van der Waals surface area contributed by atoms with E-state index in [4.69, 9.17) is 16.3 Å². The fourth-order valence-corrected chi connectivity index (χ4v) is 1.95. The molecular weight excluding hydrogens is 196 g/mol. The van der Waals surface area contributed by atoms with Gasteiger partial charge < -0.3 is 10.1 Å². The molecule has 0 saturated carbocycles. The predicted octanol–water partition coefficient (Wildman–Crippen LogP) is 1.91. The predicted molar refractivity (Wildman–Crippen MR) is 51.1 cm³/mol. The van der Waals surface area contributed by atoms with Crippen LogP contribution in [0.25, 0.3) is 0 Å². The largest absolute Gasteiger partial charge is 0.470 e. The number of aromatic nitrogens is 1. The zero-order valence-electron chi connectivity index (χ0n) is 7.06. The summed E-state index contributed by atoms with van der Waals surface area (Å²) in [6.07, 6.45) is 0. The van der Waals surface area contributed by atoms with E-state index >= 15 is 0 Å². The Morgan fingerprint density at radius 2 is 2.42 bits per heavy atom. The van der Waals surface area contributed by atoms with Crippen molar-refractivity contribution in [2.45, 2.75) is 13.5 Å². The van der Waals surface area contributed by atoms with Gasteiger partial charge in [0, 0.05) is 6.54 Å². The van der Waals surface area contributed by atoms with Crippen molar-refractivity contribution in [2.75, 3.05) is 13.7 Å². The van der Waals surface area contributed by atoms with Crippen LogP contribution in [-0.2, 0) is 6.54 Å². The molecule has 0 aromatic carbocycles. The summed E-state index contributed by atoms with van der Waals surface area (Å²) in [5, 5.41) is 4.20. The third-order valence-corrected chi connectivity index (χ3v) is 2.63. The maximum absolute atomic E-state index is 5.84. The van der Waals surface area contributed by atoms with Gasteiger partial charge in [-0.25, -0.2) is 0 Å². The van der Waals surface area contributed by atoms with Crippen molar-refractivity contribution in [3.63, 3.8) is 0 Å². The van der Waals surface area contributed by atoms with Gasteiger partial charge in [-0.3, -0.25) is 0 Å². The molecule has 1 aromatic heterocycles. The summed E-state index contributed by atoms with van der Waals surface area (Å²) in [7, 11) is 1.87. The number of halogens is 1. The number of hydrogen-bond acceptors (Lipinski definition) is 4. The summed E-state index contributed by atoms with van der Waals surface area (Å²) in [6.45, 7) is 3.29. The minimum Gasteiger partial charge on any atom is -0.470 e. The Morgan fingerprint density at radius 1 is 1.67 bits per heavy atom. The van der Waals surface area contributed by atoms with E-state index in [0.29, 0.717) is 17.0 Å². The summed E-state index contributed by atoms with van der Waals surface area (Å²) in [6, 6.07) is 0. The van der Waals surface area contributed by atoms with E-state index in [0.717, 1.165) is 11.4 Å². The van der Waals surface area contributed by atoms with E-state index in [-0.39, 0.29) is 0 Å². The molecule has 5 heteroatoms. The van der Waals surface area contributed by atoms with Crippen LogP contribution < -0.4 is 10.1 Å². The van der Waals surface area contributed by atoms with Crippen molar-refractivity contribution in [1.29, 1.82) is 0 Å². The summed E-state index contributed by atoms with van der Waals surface area (Å²) in [5.74, 6) is 0. The highest BCUT2D eigenvalue weighted by Crippen LogP contribution is 2.28. The number of nitrogens with one attached hydrogen (secondary N) is 1. The highest BCUT2D eigenvalue weighted by molar-refractivity contribution is 7.13. The molecular formula is C7H11ClN2OS. The van der Waals surface area contributed by atoms with Gasteiger partial charge in [0.25, 0.3) is 5.19 Å². The summed E-state index contributed by atoms with van der Waals surface area (Å²) >= 11 is 7.32. The smallest absolute Gasteiger partial charge is 0.274 e. The third-order valence-electron chi connectivity index (χ3n) is 1.24. The number of ether oxygens (including phenoxy) is 1. The van der Waals surface area contributed by atoms with E-state index < -0.39 is 0 Å². The number of rotatable bonds is 4. The van der Waals surface area contributed by atoms with Crippen LogP contribution in [0.15, 0.2) is 0 Å². The topological polar surface area (TPSA) is 34.1 Å². The molecule has 0 aliphatic heterocycles. The van der Waals surface area contributed by atoms with Crippen molar-refractivity contribution in [1.82, 2.24) is 10.3 Å². The number of hydrogen-bond donors (Lipinski definition) is 1. The highest BCUT2D eigenvalue weighted by atomic mass is 35.5. The van der Waals surface area contributed by atoms with Crippen LogP contribution in [-0.4, -0.2) is 18.6 Å². The average molecular weight is 207 g/mol. The Morgan fingerprint density at radius 3 is 3.00 bits per heavy atom. The molecule has 0 aliphatic carbocycles. The molecule has 1 heterocycles. The van der Waals surface area contributed by atoms with E-state index in [1.165, 1.54) is 11.3 Å². The molecule has 0 unspecified atom stereocenters. The van der Waals surface area contributed by atoms with Crippen molar-refractivity contribution in [3.05, 3.63) is 10.0 Å². The lowest BCUT2D eigenvalue weighted by atomic mass is 10.5. The molecule has 1 rings (SSSR count). The van der Waals surface area contributed by atoms with Crippen molar-refractivity contribution in [3.8, 4) is 5.19 Å². The minimum absolute atomic E-state index is 0.540. The molecule has 0 atom stereocenters. The zero-order valence-corrected chi connectivity index (χ0v) is 8.63. The van der Waals surface area contributed by atoms with Crippen LogP contribution in [0.3, 0.4) is 0 Å². The normalized spacial score (nSPS) is 10.2. The first-order valence-corrected chi connectivity index (χ1v) is 4.90. The molecule has 0 saturated heterocycles. The first-order chi connectivity index (χ1) is 5.77. The standard InChI is InChI=1S/C7H11ClN2OS/c1-3-11-7-10-6(8)5(12-7)4-9-2/h9H,3-4H2,1-2H3. The monoisotopic (exact) mass is 206 g/mol. The summed E-state index contributed by atoms with van der Waals surface area (Å²) in [4.78, 5) is 5.06. The van der Waals surface area contributed by atoms with Gasteiger partial charge >= 0.3 is 0 Å². The third kappa shape index (κ3) is 2.33. The van der Waals surface area contributed by atoms with Crippen molar-refractivity contribution >= 4 is 22.9 Å². The maximum Gasteiger partial charge on any atom is 0.274 e. The fourth-order valence-electron chi connectivity index (χ4n) is 0.768. The molecule has 0 fully saturated rings. The van der Waals surface area contributed by atoms with Crippen LogP contribution in [0.1, 0.15) is 11.8 Å². The Hall–Kier alpha value is -0.320. The van der Waals surface area contributed by atoms with Crippen LogP contribution >= 0.6 is 22.9 Å². The highest BCUT2D eigenvalue weighted by Gasteiger charge is 2.08. The molecule has 0 aliphatic rings. The minimum atomic E-state index is 0.540. The second kappa shape index (κ2) is 4.64. The van der Waals surface area contributed by atoms with Gasteiger partial charge in [0.1, 0.15) is 5.15 Å². The number of thiazole rings is 1.